The van der Waals surface area contributed by atoms with Crippen LogP contribution in [-0.4, -0.2) is 36.0 Å². The van der Waals surface area contributed by atoms with Crippen molar-refractivity contribution < 1.29 is 14.3 Å². The first-order chi connectivity index (χ1) is 11.6. The molecule has 0 radical (unpaired) electrons. The van der Waals surface area contributed by atoms with E-state index in [4.69, 9.17) is 9.47 Å². The molecule has 3 aliphatic rings. The minimum Gasteiger partial charge on any atom is -0.451 e. The minimum absolute atomic E-state index is 0.187. The van der Waals surface area contributed by atoms with Crippen LogP contribution in [-0.2, 0) is 26.5 Å². The summed E-state index contributed by atoms with van der Waals surface area (Å²) in [5.74, 6) is -0.198. The average molecular weight is 326 g/mol. The first kappa shape index (κ1) is 15.4. The lowest BCUT2D eigenvalue weighted by molar-refractivity contribution is -0.122. The van der Waals surface area contributed by atoms with Crippen LogP contribution in [0.4, 0.5) is 0 Å². The van der Waals surface area contributed by atoms with E-state index in [9.17, 15) is 4.79 Å². The van der Waals surface area contributed by atoms with Crippen LogP contribution in [0.25, 0.3) is 0 Å². The molecule has 0 bridgehead atoms. The molecule has 5 heteroatoms. The zero-order chi connectivity index (χ0) is 16.7. The number of amidine groups is 1. The van der Waals surface area contributed by atoms with Crippen molar-refractivity contribution in [1.29, 1.82) is 0 Å². The van der Waals surface area contributed by atoms with Gasteiger partial charge in [-0.3, -0.25) is 4.79 Å². The third-order valence-electron chi connectivity index (χ3n) is 5.12. The summed E-state index contributed by atoms with van der Waals surface area (Å²) in [4.78, 5) is 18.1. The second kappa shape index (κ2) is 5.74. The summed E-state index contributed by atoms with van der Waals surface area (Å²) < 4.78 is 11.9. The van der Waals surface area contributed by atoms with Crippen LogP contribution in [0, 0.1) is 0 Å². The maximum Gasteiger partial charge on any atom is 0.296 e. The van der Waals surface area contributed by atoms with Crippen molar-refractivity contribution in [3.63, 3.8) is 0 Å². The Bertz CT molecular complexity index is 717. The van der Waals surface area contributed by atoms with E-state index in [1.807, 2.05) is 6.92 Å². The SMILES string of the molecule is C=C(C)CC1OC(N2CCC3(CC2)OCc2ccccc23)=NC1=O. The van der Waals surface area contributed by atoms with Crippen LogP contribution in [0.2, 0.25) is 0 Å². The number of benzene rings is 1. The Morgan fingerprint density at radius 2 is 2.12 bits per heavy atom. The number of rotatable bonds is 2. The van der Waals surface area contributed by atoms with E-state index in [0.717, 1.165) is 31.5 Å². The highest BCUT2D eigenvalue weighted by Gasteiger charge is 2.44. The molecule has 4 rings (SSSR count). The number of carbonyl (C=O) groups is 1. The van der Waals surface area contributed by atoms with Gasteiger partial charge in [0.05, 0.1) is 12.2 Å². The number of piperidine rings is 1. The highest BCUT2D eigenvalue weighted by atomic mass is 16.5. The van der Waals surface area contributed by atoms with Crippen LogP contribution in [0.3, 0.4) is 0 Å². The maximum atomic E-state index is 12.0. The molecule has 126 valence electrons. The van der Waals surface area contributed by atoms with Crippen molar-refractivity contribution in [2.75, 3.05) is 13.1 Å². The summed E-state index contributed by atoms with van der Waals surface area (Å²) in [6.45, 7) is 7.99. The molecule has 1 unspecified atom stereocenters. The highest BCUT2D eigenvalue weighted by molar-refractivity contribution is 5.98. The zero-order valence-electron chi connectivity index (χ0n) is 14.0. The van der Waals surface area contributed by atoms with Gasteiger partial charge in [0, 0.05) is 19.5 Å². The third kappa shape index (κ3) is 2.53. The molecule has 1 saturated heterocycles. The second-order valence-electron chi connectivity index (χ2n) is 6.93. The number of hydrogen-bond acceptors (Lipinski definition) is 4. The molecule has 3 heterocycles. The van der Waals surface area contributed by atoms with Gasteiger partial charge in [-0.05, 0) is 30.9 Å². The molecule has 0 aromatic heterocycles. The number of aliphatic imine (C=N–C) groups is 1. The van der Waals surface area contributed by atoms with Crippen molar-refractivity contribution in [2.45, 2.75) is 44.5 Å². The molecule has 1 amide bonds. The molecule has 24 heavy (non-hydrogen) atoms. The number of hydrogen-bond donors (Lipinski definition) is 0. The van der Waals surface area contributed by atoms with Crippen molar-refractivity contribution in [3.05, 3.63) is 47.5 Å². The number of fused-ring (bicyclic) bond motifs is 2. The third-order valence-corrected chi connectivity index (χ3v) is 5.12. The lowest BCUT2D eigenvalue weighted by Crippen LogP contribution is -2.45. The van der Waals surface area contributed by atoms with Gasteiger partial charge >= 0.3 is 0 Å². The molecular weight excluding hydrogens is 304 g/mol. The van der Waals surface area contributed by atoms with E-state index < -0.39 is 6.10 Å². The predicted octanol–water partition coefficient (Wildman–Crippen LogP) is 2.76. The largest absolute Gasteiger partial charge is 0.451 e. The molecule has 0 N–H and O–H groups in total. The van der Waals surface area contributed by atoms with Crippen molar-refractivity contribution in [3.8, 4) is 0 Å². The molecule has 1 spiro atoms. The molecule has 5 nitrogen and oxygen atoms in total. The minimum atomic E-state index is -0.503. The molecule has 1 atom stereocenters. The predicted molar refractivity (Wildman–Crippen MR) is 90.5 cm³/mol. The Morgan fingerprint density at radius 3 is 2.88 bits per heavy atom. The van der Waals surface area contributed by atoms with E-state index in [1.165, 1.54) is 11.1 Å². The monoisotopic (exact) mass is 326 g/mol. The van der Waals surface area contributed by atoms with Crippen molar-refractivity contribution in [1.82, 2.24) is 4.90 Å². The normalized spacial score (nSPS) is 24.7. The van der Waals surface area contributed by atoms with E-state index >= 15 is 0 Å². The van der Waals surface area contributed by atoms with Gasteiger partial charge in [0.2, 0.25) is 0 Å². The molecule has 1 aromatic carbocycles. The van der Waals surface area contributed by atoms with Gasteiger partial charge in [0.15, 0.2) is 6.10 Å². The highest BCUT2D eigenvalue weighted by Crippen LogP contribution is 2.44. The van der Waals surface area contributed by atoms with E-state index in [0.29, 0.717) is 19.0 Å². The number of ether oxygens (including phenoxy) is 2. The van der Waals surface area contributed by atoms with E-state index in [-0.39, 0.29) is 11.5 Å². The molecule has 1 aromatic rings. The summed E-state index contributed by atoms with van der Waals surface area (Å²) in [5, 5.41) is 0. The number of likely N-dealkylation sites (tertiary alicyclic amines) is 1. The fourth-order valence-electron chi connectivity index (χ4n) is 3.82. The average Bonchev–Trinajstić information content (AvgIpc) is 3.11. The first-order valence-corrected chi connectivity index (χ1v) is 8.48. The Balaban J connectivity index is 1.44. The van der Waals surface area contributed by atoms with Gasteiger partial charge in [-0.1, -0.05) is 36.4 Å². The van der Waals surface area contributed by atoms with Gasteiger partial charge < -0.3 is 14.4 Å². The van der Waals surface area contributed by atoms with Gasteiger partial charge in [-0.25, -0.2) is 0 Å². The first-order valence-electron chi connectivity index (χ1n) is 8.48. The van der Waals surface area contributed by atoms with E-state index in [2.05, 4.69) is 40.7 Å². The summed E-state index contributed by atoms with van der Waals surface area (Å²) in [5.41, 5.74) is 3.35. The maximum absolute atomic E-state index is 12.0. The van der Waals surface area contributed by atoms with Gasteiger partial charge in [0.1, 0.15) is 0 Å². The summed E-state index contributed by atoms with van der Waals surface area (Å²) in [7, 11) is 0. The quantitative estimate of drug-likeness (QED) is 0.784. The lowest BCUT2D eigenvalue weighted by atomic mass is 9.84. The number of nitrogens with zero attached hydrogens (tertiary/aromatic N) is 2. The van der Waals surface area contributed by atoms with Gasteiger partial charge in [-0.2, -0.15) is 4.99 Å². The molecule has 0 saturated carbocycles. The summed E-state index contributed by atoms with van der Waals surface area (Å²) in [6, 6.07) is 8.92. The van der Waals surface area contributed by atoms with Crippen LogP contribution in [0.5, 0.6) is 0 Å². The zero-order valence-corrected chi connectivity index (χ0v) is 14.0. The summed E-state index contributed by atoms with van der Waals surface area (Å²) in [6.07, 6.45) is 1.79. The molecule has 1 fully saturated rings. The Morgan fingerprint density at radius 1 is 1.38 bits per heavy atom. The Hall–Kier alpha value is -2.14. The van der Waals surface area contributed by atoms with E-state index in [1.54, 1.807) is 0 Å². The fraction of sp³-hybridized carbons (Fsp3) is 0.474. The number of amides is 1. The standard InChI is InChI=1S/C19H22N2O3/c1-13(2)11-16-17(22)20-18(24-16)21-9-7-19(8-10-21)15-6-4-3-5-14(15)12-23-19/h3-6,16H,1,7-12H2,2H3. The molecule has 0 aliphatic carbocycles. The molecule has 3 aliphatic heterocycles. The molecular formula is C19H22N2O3. The van der Waals surface area contributed by atoms with Crippen LogP contribution in [0.1, 0.15) is 37.3 Å². The van der Waals surface area contributed by atoms with Crippen LogP contribution >= 0.6 is 0 Å². The summed E-state index contributed by atoms with van der Waals surface area (Å²) >= 11 is 0. The second-order valence-corrected chi connectivity index (χ2v) is 6.93. The lowest BCUT2D eigenvalue weighted by Gasteiger charge is -2.39. The van der Waals surface area contributed by atoms with Crippen molar-refractivity contribution >= 4 is 11.9 Å². The Labute approximate surface area is 142 Å². The fourth-order valence-corrected chi connectivity index (χ4v) is 3.82. The van der Waals surface area contributed by atoms with Crippen LogP contribution in [0.15, 0.2) is 41.4 Å². The van der Waals surface area contributed by atoms with Crippen molar-refractivity contribution in [2.24, 2.45) is 4.99 Å². The van der Waals surface area contributed by atoms with Gasteiger partial charge in [-0.15, -0.1) is 0 Å². The van der Waals surface area contributed by atoms with Crippen LogP contribution < -0.4 is 0 Å². The smallest absolute Gasteiger partial charge is 0.296 e. The number of carbonyl (C=O) groups excluding carboxylic acids is 1. The Kier molecular flexibility index (Phi) is 3.68. The topological polar surface area (TPSA) is 51.1 Å². The van der Waals surface area contributed by atoms with Gasteiger partial charge in [0.25, 0.3) is 11.9 Å².